The molecule has 0 saturated carbocycles. The largest absolute Gasteiger partial charge is 0.298 e. The average Bonchev–Trinajstić information content (AvgIpc) is 2.47. The van der Waals surface area contributed by atoms with E-state index in [0.717, 1.165) is 19.0 Å². The molecule has 0 spiro atoms. The summed E-state index contributed by atoms with van der Waals surface area (Å²) in [6.45, 7) is 6.17. The van der Waals surface area contributed by atoms with E-state index >= 15 is 0 Å². The zero-order valence-electron chi connectivity index (χ0n) is 12.1. The van der Waals surface area contributed by atoms with Gasteiger partial charge in [0.25, 0.3) is 0 Å². The van der Waals surface area contributed by atoms with E-state index in [1.54, 1.807) is 0 Å². The van der Waals surface area contributed by atoms with Crippen molar-refractivity contribution in [2.75, 3.05) is 13.1 Å². The zero-order valence-corrected chi connectivity index (χ0v) is 12.1. The summed E-state index contributed by atoms with van der Waals surface area (Å²) in [5, 5.41) is 0. The highest BCUT2D eigenvalue weighted by Gasteiger charge is 2.25. The van der Waals surface area contributed by atoms with Gasteiger partial charge in [-0.1, -0.05) is 37.3 Å². The molecule has 1 heterocycles. The monoisotopic (exact) mass is 259 g/mol. The number of carbonyl (C=O) groups excluding carboxylic acids is 1. The molecule has 1 fully saturated rings. The maximum atomic E-state index is 11.7. The van der Waals surface area contributed by atoms with Gasteiger partial charge in [-0.25, -0.2) is 0 Å². The molecule has 0 radical (unpaired) electrons. The minimum Gasteiger partial charge on any atom is -0.298 e. The molecule has 0 bridgehead atoms. The predicted molar refractivity (Wildman–Crippen MR) is 79.2 cm³/mol. The van der Waals surface area contributed by atoms with E-state index in [1.807, 2.05) is 6.92 Å². The number of ketones is 1. The van der Waals surface area contributed by atoms with Crippen molar-refractivity contribution in [3.8, 4) is 0 Å². The van der Waals surface area contributed by atoms with Crippen molar-refractivity contribution < 1.29 is 4.79 Å². The van der Waals surface area contributed by atoms with Crippen LogP contribution in [0.15, 0.2) is 30.3 Å². The van der Waals surface area contributed by atoms with Crippen LogP contribution < -0.4 is 0 Å². The van der Waals surface area contributed by atoms with Crippen LogP contribution in [0.1, 0.15) is 38.7 Å². The molecule has 1 aromatic carbocycles. The molecule has 0 aliphatic carbocycles. The molecule has 1 atom stereocenters. The van der Waals surface area contributed by atoms with Gasteiger partial charge in [0.1, 0.15) is 5.78 Å². The molecule has 1 unspecified atom stereocenters. The first kappa shape index (κ1) is 14.3. The van der Waals surface area contributed by atoms with Crippen LogP contribution in [0.4, 0.5) is 0 Å². The first-order valence-electron chi connectivity index (χ1n) is 7.51. The van der Waals surface area contributed by atoms with Crippen LogP contribution in [0, 0.1) is 5.92 Å². The second-order valence-electron chi connectivity index (χ2n) is 5.66. The van der Waals surface area contributed by atoms with Gasteiger partial charge in [-0.2, -0.15) is 0 Å². The van der Waals surface area contributed by atoms with Gasteiger partial charge < -0.3 is 0 Å². The normalized spacial score (nSPS) is 19.3. The molecule has 1 aliphatic rings. The maximum Gasteiger partial charge on any atom is 0.149 e. The van der Waals surface area contributed by atoms with Gasteiger partial charge in [0.05, 0.1) is 6.04 Å². The van der Waals surface area contributed by atoms with E-state index in [-0.39, 0.29) is 6.04 Å². The van der Waals surface area contributed by atoms with Gasteiger partial charge in [0, 0.05) is 6.42 Å². The highest BCUT2D eigenvalue weighted by Crippen LogP contribution is 2.23. The molecule has 0 amide bonds. The minimum atomic E-state index is 0.114. The second kappa shape index (κ2) is 6.85. The molecule has 1 saturated heterocycles. The van der Waals surface area contributed by atoms with Crippen molar-refractivity contribution in [3.63, 3.8) is 0 Å². The number of rotatable bonds is 5. The summed E-state index contributed by atoms with van der Waals surface area (Å²) in [4.78, 5) is 14.1. The fourth-order valence-corrected chi connectivity index (χ4v) is 2.99. The van der Waals surface area contributed by atoms with E-state index in [9.17, 15) is 4.79 Å². The Balaban J connectivity index is 1.81. The summed E-state index contributed by atoms with van der Waals surface area (Å²) < 4.78 is 0. The van der Waals surface area contributed by atoms with E-state index in [4.69, 9.17) is 0 Å². The van der Waals surface area contributed by atoms with Gasteiger partial charge >= 0.3 is 0 Å². The minimum absolute atomic E-state index is 0.114. The van der Waals surface area contributed by atoms with Crippen LogP contribution in [0.3, 0.4) is 0 Å². The Morgan fingerprint density at radius 2 is 1.89 bits per heavy atom. The molecule has 19 heavy (non-hydrogen) atoms. The summed E-state index contributed by atoms with van der Waals surface area (Å²) in [7, 11) is 0. The van der Waals surface area contributed by atoms with Gasteiger partial charge in [-0.05, 0) is 50.8 Å². The van der Waals surface area contributed by atoms with Crippen LogP contribution in [-0.2, 0) is 11.2 Å². The fraction of sp³-hybridized carbons (Fsp3) is 0.588. The third-order valence-corrected chi connectivity index (χ3v) is 4.38. The topological polar surface area (TPSA) is 20.3 Å². The maximum absolute atomic E-state index is 11.7. The van der Waals surface area contributed by atoms with Crippen LogP contribution in [-0.4, -0.2) is 29.8 Å². The molecule has 0 N–H and O–H groups in total. The smallest absolute Gasteiger partial charge is 0.149 e. The third-order valence-electron chi connectivity index (χ3n) is 4.38. The van der Waals surface area contributed by atoms with Crippen molar-refractivity contribution in [1.82, 2.24) is 4.90 Å². The molecule has 2 rings (SSSR count). The van der Waals surface area contributed by atoms with Crippen molar-refractivity contribution in [2.45, 2.75) is 45.6 Å². The van der Waals surface area contributed by atoms with Gasteiger partial charge in [-0.15, -0.1) is 0 Å². The lowest BCUT2D eigenvalue weighted by Gasteiger charge is -2.35. The van der Waals surface area contributed by atoms with Crippen molar-refractivity contribution in [2.24, 2.45) is 5.92 Å². The van der Waals surface area contributed by atoms with Crippen LogP contribution in [0.25, 0.3) is 0 Å². The first-order valence-corrected chi connectivity index (χ1v) is 7.51. The molecular formula is C17H25NO. The molecule has 1 aromatic rings. The number of Topliss-reactive ketones (excluding diaryl/α,β-unsaturated/α-hetero) is 1. The predicted octanol–water partition coefficient (Wildman–Crippen LogP) is 3.31. The van der Waals surface area contributed by atoms with Crippen LogP contribution in [0.2, 0.25) is 0 Å². The van der Waals surface area contributed by atoms with Gasteiger partial charge in [0.2, 0.25) is 0 Å². The molecule has 0 aromatic heterocycles. The Labute approximate surface area is 116 Å². The summed E-state index contributed by atoms with van der Waals surface area (Å²) >= 11 is 0. The van der Waals surface area contributed by atoms with Crippen LogP contribution in [0.5, 0.6) is 0 Å². The Kier molecular flexibility index (Phi) is 5.15. The first-order chi connectivity index (χ1) is 9.20. The third kappa shape index (κ3) is 3.90. The molecular weight excluding hydrogens is 234 g/mol. The van der Waals surface area contributed by atoms with Gasteiger partial charge in [0.15, 0.2) is 0 Å². The average molecular weight is 259 g/mol. The second-order valence-corrected chi connectivity index (χ2v) is 5.66. The molecule has 2 heteroatoms. The molecule has 104 valence electrons. The van der Waals surface area contributed by atoms with E-state index in [1.165, 1.54) is 24.8 Å². The van der Waals surface area contributed by atoms with Crippen molar-refractivity contribution in [1.29, 1.82) is 0 Å². The highest BCUT2D eigenvalue weighted by molar-refractivity contribution is 5.83. The fourth-order valence-electron chi connectivity index (χ4n) is 2.99. The van der Waals surface area contributed by atoms with Crippen molar-refractivity contribution >= 4 is 5.78 Å². The lowest BCUT2D eigenvalue weighted by molar-refractivity contribution is -0.124. The van der Waals surface area contributed by atoms with E-state index in [0.29, 0.717) is 12.2 Å². The Hall–Kier alpha value is -1.15. The number of likely N-dealkylation sites (tertiary alicyclic amines) is 1. The number of benzene rings is 1. The number of hydrogen-bond acceptors (Lipinski definition) is 2. The summed E-state index contributed by atoms with van der Waals surface area (Å²) in [5.41, 5.74) is 1.44. The summed E-state index contributed by atoms with van der Waals surface area (Å²) in [6.07, 6.45) is 4.28. The highest BCUT2D eigenvalue weighted by atomic mass is 16.1. The summed E-state index contributed by atoms with van der Waals surface area (Å²) in [6, 6.07) is 10.9. The van der Waals surface area contributed by atoms with Crippen molar-refractivity contribution in [3.05, 3.63) is 35.9 Å². The number of piperidine rings is 1. The van der Waals surface area contributed by atoms with Crippen LogP contribution >= 0.6 is 0 Å². The number of hydrogen-bond donors (Lipinski definition) is 0. The molecule has 2 nitrogen and oxygen atoms in total. The Morgan fingerprint density at radius 1 is 1.26 bits per heavy atom. The standard InChI is InChI=1S/C17H25NO/c1-3-17(19)14(2)18-11-9-16(10-12-18)13-15-7-5-4-6-8-15/h4-8,14,16H,3,9-13H2,1-2H3. The Bertz CT molecular complexity index is 393. The Morgan fingerprint density at radius 3 is 2.47 bits per heavy atom. The van der Waals surface area contributed by atoms with E-state index < -0.39 is 0 Å². The quantitative estimate of drug-likeness (QED) is 0.808. The van der Waals surface area contributed by atoms with Gasteiger partial charge in [-0.3, -0.25) is 9.69 Å². The zero-order chi connectivity index (χ0) is 13.7. The van der Waals surface area contributed by atoms with E-state index in [2.05, 4.69) is 42.2 Å². The summed E-state index contributed by atoms with van der Waals surface area (Å²) in [5.74, 6) is 1.16. The lowest BCUT2D eigenvalue weighted by atomic mass is 9.89. The number of nitrogens with zero attached hydrogens (tertiary/aromatic N) is 1. The molecule has 1 aliphatic heterocycles. The lowest BCUT2D eigenvalue weighted by Crippen LogP contribution is -2.44. The number of carbonyl (C=O) groups is 1. The SMILES string of the molecule is CCC(=O)C(C)N1CCC(Cc2ccccc2)CC1.